The van der Waals surface area contributed by atoms with E-state index in [1.54, 1.807) is 0 Å². The van der Waals surface area contributed by atoms with E-state index >= 15 is 0 Å². The molecule has 8 atom stereocenters. The van der Waals surface area contributed by atoms with E-state index in [1.807, 2.05) is 6.92 Å². The zero-order chi connectivity index (χ0) is 23.4. The molecule has 182 valence electrons. The van der Waals surface area contributed by atoms with Crippen LogP contribution in [0.1, 0.15) is 45.4 Å². The molecule has 1 aliphatic rings. The summed E-state index contributed by atoms with van der Waals surface area (Å²) >= 11 is 0.989. The second-order valence-corrected chi connectivity index (χ2v) is 8.81. The van der Waals surface area contributed by atoms with Crippen LogP contribution >= 0.6 is 11.8 Å². The molecule has 11 heteroatoms. The standard InChI is InChI=1S/C20H37NO9S/c1-2-3-4-8-15(25)21-12(16(26)13(24)7-5-6-9-22)11-31-20-19(29)18(28)17(27)14(10-23)30-20/h6,9,12-14,16-20,22-24,26-29H,2-5,7-8,10-11H2,1H3,(H,21,25). The van der Waals surface area contributed by atoms with Gasteiger partial charge in [0.05, 0.1) is 25.0 Å². The molecule has 1 amide bonds. The molecule has 8 N–H and O–H groups in total. The van der Waals surface area contributed by atoms with E-state index in [0.717, 1.165) is 30.9 Å². The Hall–Kier alpha value is -0.920. The predicted octanol–water partition coefficient (Wildman–Crippen LogP) is -0.842. The highest BCUT2D eigenvalue weighted by molar-refractivity contribution is 7.99. The molecule has 0 aliphatic carbocycles. The topological polar surface area (TPSA) is 180 Å². The Morgan fingerprint density at radius 1 is 1.16 bits per heavy atom. The lowest BCUT2D eigenvalue weighted by Gasteiger charge is -2.40. The van der Waals surface area contributed by atoms with Gasteiger partial charge in [-0.05, 0) is 19.3 Å². The van der Waals surface area contributed by atoms with E-state index in [-0.39, 0.29) is 24.5 Å². The zero-order valence-corrected chi connectivity index (χ0v) is 18.6. The monoisotopic (exact) mass is 467 g/mol. The van der Waals surface area contributed by atoms with Gasteiger partial charge in [0.25, 0.3) is 0 Å². The van der Waals surface area contributed by atoms with Gasteiger partial charge in [0.2, 0.25) is 5.91 Å². The van der Waals surface area contributed by atoms with Gasteiger partial charge in [-0.25, -0.2) is 0 Å². The lowest BCUT2D eigenvalue weighted by atomic mass is 10.0. The van der Waals surface area contributed by atoms with Crippen LogP contribution in [0, 0.1) is 0 Å². The van der Waals surface area contributed by atoms with Gasteiger partial charge >= 0.3 is 0 Å². The Bertz CT molecular complexity index is 537. The number of aliphatic hydroxyl groups excluding tert-OH is 7. The highest BCUT2D eigenvalue weighted by Crippen LogP contribution is 2.29. The van der Waals surface area contributed by atoms with Gasteiger partial charge < -0.3 is 45.8 Å². The smallest absolute Gasteiger partial charge is 0.220 e. The maximum Gasteiger partial charge on any atom is 0.220 e. The number of nitrogens with one attached hydrogen (secondary N) is 1. The molecule has 31 heavy (non-hydrogen) atoms. The summed E-state index contributed by atoms with van der Waals surface area (Å²) in [5.74, 6) is -0.245. The van der Waals surface area contributed by atoms with Crippen LogP contribution in [0.5, 0.6) is 0 Å². The number of unbranched alkanes of at least 4 members (excludes halogenated alkanes) is 2. The molecule has 0 aromatic carbocycles. The lowest BCUT2D eigenvalue weighted by Crippen LogP contribution is -2.58. The van der Waals surface area contributed by atoms with Crippen molar-refractivity contribution in [3.05, 3.63) is 12.3 Å². The highest BCUT2D eigenvalue weighted by Gasteiger charge is 2.44. The van der Waals surface area contributed by atoms with Gasteiger partial charge in [-0.2, -0.15) is 0 Å². The van der Waals surface area contributed by atoms with Gasteiger partial charge in [-0.1, -0.05) is 25.8 Å². The van der Waals surface area contributed by atoms with Crippen LogP contribution in [-0.4, -0.2) is 102 Å². The molecule has 1 aliphatic heterocycles. The van der Waals surface area contributed by atoms with Crippen molar-refractivity contribution in [2.45, 2.75) is 93.6 Å². The molecule has 1 heterocycles. The van der Waals surface area contributed by atoms with Crippen molar-refractivity contribution in [1.29, 1.82) is 0 Å². The molecule has 0 radical (unpaired) electrons. The van der Waals surface area contributed by atoms with Crippen LogP contribution < -0.4 is 5.32 Å². The van der Waals surface area contributed by atoms with Crippen molar-refractivity contribution in [2.75, 3.05) is 12.4 Å². The number of carbonyl (C=O) groups excluding carboxylic acids is 1. The molecule has 1 fully saturated rings. The van der Waals surface area contributed by atoms with Crippen molar-refractivity contribution in [3.8, 4) is 0 Å². The molecular weight excluding hydrogens is 430 g/mol. The fourth-order valence-corrected chi connectivity index (χ4v) is 4.48. The third-order valence-corrected chi connectivity index (χ3v) is 6.45. The summed E-state index contributed by atoms with van der Waals surface area (Å²) in [5, 5.41) is 71.6. The number of carbonyl (C=O) groups is 1. The largest absolute Gasteiger partial charge is 0.516 e. The predicted molar refractivity (Wildman–Crippen MR) is 115 cm³/mol. The zero-order valence-electron chi connectivity index (χ0n) is 17.8. The molecule has 1 rings (SSSR count). The summed E-state index contributed by atoms with van der Waals surface area (Å²) in [7, 11) is 0. The number of amides is 1. The minimum Gasteiger partial charge on any atom is -0.516 e. The van der Waals surface area contributed by atoms with Crippen molar-refractivity contribution in [3.63, 3.8) is 0 Å². The number of hydrogen-bond donors (Lipinski definition) is 8. The third-order valence-electron chi connectivity index (χ3n) is 5.18. The van der Waals surface area contributed by atoms with Crippen LogP contribution in [0.2, 0.25) is 0 Å². The molecule has 0 bridgehead atoms. The van der Waals surface area contributed by atoms with Gasteiger partial charge in [-0.15, -0.1) is 11.8 Å². The molecule has 0 spiro atoms. The van der Waals surface area contributed by atoms with E-state index < -0.39 is 54.7 Å². The summed E-state index contributed by atoms with van der Waals surface area (Å²) < 4.78 is 5.44. The summed E-state index contributed by atoms with van der Waals surface area (Å²) in [6.07, 6.45) is -2.44. The summed E-state index contributed by atoms with van der Waals surface area (Å²) in [5.41, 5.74) is -1.02. The Labute approximate surface area is 186 Å². The van der Waals surface area contributed by atoms with Crippen LogP contribution in [0.4, 0.5) is 0 Å². The second kappa shape index (κ2) is 15.0. The first-order valence-corrected chi connectivity index (χ1v) is 11.7. The van der Waals surface area contributed by atoms with Crippen LogP contribution in [0.25, 0.3) is 0 Å². The molecule has 1 saturated heterocycles. The molecule has 0 saturated carbocycles. The molecule has 10 nitrogen and oxygen atoms in total. The number of rotatable bonds is 14. The van der Waals surface area contributed by atoms with Crippen molar-refractivity contribution < 1.29 is 45.3 Å². The molecular formula is C20H37NO9S. The Balaban J connectivity index is 2.78. The fourth-order valence-electron chi connectivity index (χ4n) is 3.22. The normalized spacial score (nSPS) is 29.6. The van der Waals surface area contributed by atoms with Gasteiger partial charge in [0.15, 0.2) is 0 Å². The van der Waals surface area contributed by atoms with E-state index in [9.17, 15) is 35.4 Å². The van der Waals surface area contributed by atoms with Crippen molar-refractivity contribution >= 4 is 17.7 Å². The quantitative estimate of drug-likeness (QED) is 0.118. The first-order valence-electron chi connectivity index (χ1n) is 10.6. The van der Waals surface area contributed by atoms with Crippen molar-refractivity contribution in [2.24, 2.45) is 0 Å². The number of ether oxygens (including phenoxy) is 1. The first-order chi connectivity index (χ1) is 14.8. The number of hydrogen-bond acceptors (Lipinski definition) is 10. The first kappa shape index (κ1) is 28.1. The van der Waals surface area contributed by atoms with Crippen LogP contribution in [0.15, 0.2) is 12.3 Å². The van der Waals surface area contributed by atoms with E-state index in [2.05, 4.69) is 5.32 Å². The van der Waals surface area contributed by atoms with Gasteiger partial charge in [0.1, 0.15) is 36.0 Å². The Morgan fingerprint density at radius 3 is 2.48 bits per heavy atom. The average Bonchev–Trinajstić information content (AvgIpc) is 2.75. The van der Waals surface area contributed by atoms with E-state index in [4.69, 9.17) is 9.84 Å². The highest BCUT2D eigenvalue weighted by atomic mass is 32.2. The summed E-state index contributed by atoms with van der Waals surface area (Å²) in [6.45, 7) is 1.46. The van der Waals surface area contributed by atoms with E-state index in [0.29, 0.717) is 12.8 Å². The van der Waals surface area contributed by atoms with Crippen LogP contribution in [-0.2, 0) is 9.53 Å². The minimum atomic E-state index is -1.52. The summed E-state index contributed by atoms with van der Waals surface area (Å²) in [4.78, 5) is 12.3. The van der Waals surface area contributed by atoms with Crippen LogP contribution in [0.3, 0.4) is 0 Å². The number of aliphatic hydroxyl groups is 7. The Morgan fingerprint density at radius 2 is 1.87 bits per heavy atom. The molecule has 8 unspecified atom stereocenters. The fraction of sp³-hybridized carbons (Fsp3) is 0.850. The third kappa shape index (κ3) is 9.22. The maximum absolute atomic E-state index is 12.3. The second-order valence-electron chi connectivity index (χ2n) is 7.68. The number of allylic oxidation sites excluding steroid dienone is 1. The van der Waals surface area contributed by atoms with Gasteiger partial charge in [-0.3, -0.25) is 4.79 Å². The number of thioether (sulfide) groups is 1. The van der Waals surface area contributed by atoms with Gasteiger partial charge in [0, 0.05) is 12.2 Å². The van der Waals surface area contributed by atoms with Crippen molar-refractivity contribution in [1.82, 2.24) is 5.32 Å². The average molecular weight is 468 g/mol. The van der Waals surface area contributed by atoms with E-state index in [1.165, 1.54) is 6.08 Å². The summed E-state index contributed by atoms with van der Waals surface area (Å²) in [6, 6.07) is -0.875. The molecule has 0 aromatic heterocycles. The lowest BCUT2D eigenvalue weighted by molar-refractivity contribution is -0.205. The molecule has 0 aromatic rings. The Kier molecular flexibility index (Phi) is 13.6. The SMILES string of the molecule is CCCCCC(=O)NC(CSC1OC(CO)C(O)C(O)C1O)C(O)C(O)CCC=CO. The minimum absolute atomic E-state index is 0.0380. The maximum atomic E-state index is 12.3.